The van der Waals surface area contributed by atoms with Gasteiger partial charge in [0.25, 0.3) is 5.91 Å². The molecule has 0 spiro atoms. The Morgan fingerprint density at radius 2 is 2.00 bits per heavy atom. The third-order valence-electron chi connectivity index (χ3n) is 4.96. The van der Waals surface area contributed by atoms with Crippen LogP contribution >= 0.6 is 0 Å². The molecule has 0 bridgehead atoms. The van der Waals surface area contributed by atoms with Crippen LogP contribution in [0.5, 0.6) is 5.75 Å². The zero-order valence-corrected chi connectivity index (χ0v) is 18.5. The van der Waals surface area contributed by atoms with Gasteiger partial charge in [0.15, 0.2) is 0 Å². The molecule has 0 fully saturated rings. The maximum Gasteiger partial charge on any atom is 0.429 e. The number of esters is 1. The van der Waals surface area contributed by atoms with Crippen LogP contribution in [0, 0.1) is 13.8 Å². The summed E-state index contributed by atoms with van der Waals surface area (Å²) < 4.78 is 51.0. The number of unbranched alkanes of at least 4 members (excludes halogenated alkanes) is 1. The van der Waals surface area contributed by atoms with Crippen molar-refractivity contribution < 1.29 is 37.4 Å². The van der Waals surface area contributed by atoms with Gasteiger partial charge in [-0.1, -0.05) is 16.8 Å². The summed E-state index contributed by atoms with van der Waals surface area (Å²) in [6.45, 7) is 3.72. The summed E-state index contributed by atoms with van der Waals surface area (Å²) in [5.41, 5.74) is 6.29. The highest BCUT2D eigenvalue weighted by Gasteiger charge is 2.48. The summed E-state index contributed by atoms with van der Waals surface area (Å²) in [5, 5.41) is 16.2. The van der Waals surface area contributed by atoms with Crippen LogP contribution in [0.2, 0.25) is 0 Å². The zero-order valence-electron chi connectivity index (χ0n) is 18.5. The van der Waals surface area contributed by atoms with Crippen molar-refractivity contribution in [3.63, 3.8) is 0 Å². The van der Waals surface area contributed by atoms with Gasteiger partial charge in [0.2, 0.25) is 12.1 Å². The Balaban J connectivity index is 2.21. The smallest absolute Gasteiger partial charge is 0.429 e. The van der Waals surface area contributed by atoms with Crippen LogP contribution in [0.15, 0.2) is 22.9 Å². The molecule has 0 saturated heterocycles. The molecule has 2 rings (SSSR count). The van der Waals surface area contributed by atoms with E-state index in [4.69, 9.17) is 15.7 Å². The van der Waals surface area contributed by atoms with Gasteiger partial charge in [-0.05, 0) is 50.8 Å². The lowest BCUT2D eigenvalue weighted by Crippen LogP contribution is -2.48. The van der Waals surface area contributed by atoms with Crippen molar-refractivity contribution in [1.82, 2.24) is 10.6 Å². The summed E-state index contributed by atoms with van der Waals surface area (Å²) in [6, 6.07) is 2.14. The minimum atomic E-state index is -4.85. The molecule has 0 saturated carbocycles. The van der Waals surface area contributed by atoms with Gasteiger partial charge in [0.1, 0.15) is 11.8 Å². The number of methoxy groups -OCH3 is 1. The Hall–Kier alpha value is -3.44. The molecule has 0 unspecified atom stereocenters. The number of benzene rings is 1. The molecule has 2 atom stereocenters. The number of amides is 1. The lowest BCUT2D eigenvalue weighted by atomic mass is 9.96. The summed E-state index contributed by atoms with van der Waals surface area (Å²) in [4.78, 5) is 25.0. The van der Waals surface area contributed by atoms with Gasteiger partial charge in [0.05, 0.1) is 12.7 Å². The first-order chi connectivity index (χ1) is 15.5. The Labute approximate surface area is 188 Å². The second-order valence-corrected chi connectivity index (χ2v) is 7.60. The Bertz CT molecular complexity index is 947. The van der Waals surface area contributed by atoms with E-state index in [1.807, 2.05) is 0 Å². The second kappa shape index (κ2) is 10.9. The molecule has 0 aromatic heterocycles. The number of nitrogens with zero attached hydrogens (tertiary/aromatic N) is 1. The van der Waals surface area contributed by atoms with Crippen LogP contribution in [0.1, 0.15) is 36.0 Å². The number of nitrogens with one attached hydrogen (secondary N) is 2. The molecule has 12 heteroatoms. The number of guanidine groups is 1. The summed E-state index contributed by atoms with van der Waals surface area (Å²) in [5.74, 6) is -1.99. The molecular weight excluding hydrogens is 445 g/mol. The maximum atomic E-state index is 13.7. The lowest BCUT2D eigenvalue weighted by Gasteiger charge is -2.30. The molecular formula is C21H27F3N4O5. The van der Waals surface area contributed by atoms with Crippen molar-refractivity contribution in [3.05, 3.63) is 34.4 Å². The fraction of sp³-hybridized carbons (Fsp3) is 0.476. The normalized spacial score (nSPS) is 16.7. The predicted octanol–water partition coefficient (Wildman–Crippen LogP) is 2.13. The van der Waals surface area contributed by atoms with E-state index < -0.39 is 35.8 Å². The van der Waals surface area contributed by atoms with Gasteiger partial charge in [-0.3, -0.25) is 4.79 Å². The number of aryl methyl sites for hydroxylation is 2. The van der Waals surface area contributed by atoms with E-state index in [-0.39, 0.29) is 18.1 Å². The van der Waals surface area contributed by atoms with Gasteiger partial charge in [-0.25, -0.2) is 4.79 Å². The zero-order chi connectivity index (χ0) is 24.8. The van der Waals surface area contributed by atoms with E-state index in [1.165, 1.54) is 0 Å². The van der Waals surface area contributed by atoms with E-state index in [0.717, 1.165) is 18.7 Å². The summed E-state index contributed by atoms with van der Waals surface area (Å²) in [7, 11) is 1.12. The van der Waals surface area contributed by atoms with E-state index in [1.54, 1.807) is 26.0 Å². The summed E-state index contributed by atoms with van der Waals surface area (Å²) >= 11 is 0. The number of hydrogen-bond donors (Lipinski definition) is 4. The van der Waals surface area contributed by atoms with Crippen LogP contribution in [0.3, 0.4) is 0 Å². The fourth-order valence-corrected chi connectivity index (χ4v) is 3.47. The van der Waals surface area contributed by atoms with Crippen molar-refractivity contribution in [1.29, 1.82) is 0 Å². The largest absolute Gasteiger partial charge is 0.475 e. The first-order valence-electron chi connectivity index (χ1n) is 10.1. The average molecular weight is 472 g/mol. The van der Waals surface area contributed by atoms with Crippen molar-refractivity contribution in [3.8, 4) is 5.75 Å². The number of halogens is 3. The Morgan fingerprint density at radius 1 is 1.30 bits per heavy atom. The minimum absolute atomic E-state index is 0.0576. The third-order valence-corrected chi connectivity index (χ3v) is 4.96. The van der Waals surface area contributed by atoms with Crippen LogP contribution in [0.25, 0.3) is 6.08 Å². The number of ether oxygens (including phenoxy) is 2. The molecule has 0 radical (unpaired) electrons. The SMILES string of the molecule is COC(=O)[C@H](CCCCNC(N)=NO)NC(=O)C1=Cc2cc(C)cc(C)c2O[C@@H]1C(F)(F)F. The number of carbonyl (C=O) groups excluding carboxylic acids is 2. The van der Waals surface area contributed by atoms with Gasteiger partial charge in [-0.2, -0.15) is 13.2 Å². The van der Waals surface area contributed by atoms with E-state index in [2.05, 4.69) is 20.5 Å². The third kappa shape index (κ3) is 6.77. The monoisotopic (exact) mass is 472 g/mol. The molecule has 1 aromatic rings. The van der Waals surface area contributed by atoms with Crippen LogP contribution < -0.4 is 21.1 Å². The van der Waals surface area contributed by atoms with Crippen molar-refractivity contribution >= 4 is 23.9 Å². The molecule has 1 aliphatic heterocycles. The summed E-state index contributed by atoms with van der Waals surface area (Å²) in [6.07, 6.45) is -5.21. The van der Waals surface area contributed by atoms with Crippen LogP contribution in [-0.4, -0.2) is 55.0 Å². The number of fused-ring (bicyclic) bond motifs is 1. The predicted molar refractivity (Wildman–Crippen MR) is 114 cm³/mol. The average Bonchev–Trinajstić information content (AvgIpc) is 2.75. The Kier molecular flexibility index (Phi) is 8.55. The minimum Gasteiger partial charge on any atom is -0.475 e. The van der Waals surface area contributed by atoms with Gasteiger partial charge < -0.3 is 31.0 Å². The highest BCUT2D eigenvalue weighted by molar-refractivity contribution is 6.02. The number of hydrogen-bond acceptors (Lipinski definition) is 6. The lowest BCUT2D eigenvalue weighted by molar-refractivity contribution is -0.185. The molecule has 1 aromatic carbocycles. The number of rotatable bonds is 8. The Morgan fingerprint density at radius 3 is 2.61 bits per heavy atom. The standard InChI is InChI=1S/C21H27F3N4O5/c1-11-8-12(2)16-13(9-11)10-14(17(33-16)21(22,23)24)18(29)27-15(19(30)32-3)6-4-5-7-26-20(25)28-31/h8-10,15,17,31H,4-7H2,1-3H3,(H,27,29)(H3,25,26,28)/t15-,17-/m0/s1. The molecule has 182 valence electrons. The van der Waals surface area contributed by atoms with Gasteiger partial charge >= 0.3 is 12.1 Å². The molecule has 1 amide bonds. The maximum absolute atomic E-state index is 13.7. The topological polar surface area (TPSA) is 135 Å². The van der Waals surface area contributed by atoms with Crippen LogP contribution in [0.4, 0.5) is 13.2 Å². The van der Waals surface area contributed by atoms with Crippen LogP contribution in [-0.2, 0) is 14.3 Å². The number of carbonyl (C=O) groups is 2. The molecule has 33 heavy (non-hydrogen) atoms. The van der Waals surface area contributed by atoms with Gasteiger partial charge in [-0.15, -0.1) is 0 Å². The quantitative estimate of drug-likeness (QED) is 0.114. The van der Waals surface area contributed by atoms with Crippen molar-refractivity contribution in [2.45, 2.75) is 51.4 Å². The van der Waals surface area contributed by atoms with Gasteiger partial charge in [0, 0.05) is 12.1 Å². The molecule has 1 aliphatic rings. The first-order valence-corrected chi connectivity index (χ1v) is 10.1. The first kappa shape index (κ1) is 25.8. The van der Waals surface area contributed by atoms with Crippen molar-refractivity contribution in [2.75, 3.05) is 13.7 Å². The number of oxime groups is 1. The highest BCUT2D eigenvalue weighted by Crippen LogP contribution is 2.39. The fourth-order valence-electron chi connectivity index (χ4n) is 3.47. The second-order valence-electron chi connectivity index (χ2n) is 7.60. The number of alkyl halides is 3. The van der Waals surface area contributed by atoms with Crippen molar-refractivity contribution in [2.24, 2.45) is 10.9 Å². The van der Waals surface area contributed by atoms with E-state index in [9.17, 15) is 22.8 Å². The molecule has 1 heterocycles. The molecule has 9 nitrogen and oxygen atoms in total. The highest BCUT2D eigenvalue weighted by atomic mass is 19.4. The molecule has 5 N–H and O–H groups in total. The number of nitrogens with two attached hydrogens (primary N) is 1. The van der Waals surface area contributed by atoms with E-state index in [0.29, 0.717) is 30.5 Å². The molecule has 0 aliphatic carbocycles. The van der Waals surface area contributed by atoms with E-state index >= 15 is 0 Å².